The van der Waals surface area contributed by atoms with Gasteiger partial charge >= 0.3 is 0 Å². The topological polar surface area (TPSA) is 68.9 Å². The van der Waals surface area contributed by atoms with Gasteiger partial charge in [0, 0.05) is 12.1 Å². The van der Waals surface area contributed by atoms with Crippen LogP contribution in [0.3, 0.4) is 0 Å². The van der Waals surface area contributed by atoms with Crippen LogP contribution in [-0.4, -0.2) is 14.9 Å². The second kappa shape index (κ2) is 5.73. The van der Waals surface area contributed by atoms with Crippen LogP contribution < -0.4 is 0 Å². The predicted octanol–water partition coefficient (Wildman–Crippen LogP) is 3.44. The zero-order chi connectivity index (χ0) is 13.8. The predicted molar refractivity (Wildman–Crippen MR) is 74.2 cm³/mol. The molecule has 0 fully saturated rings. The average molecular weight is 259 g/mol. The van der Waals surface area contributed by atoms with Crippen molar-refractivity contribution in [1.82, 2.24) is 9.97 Å². The van der Waals surface area contributed by atoms with Crippen molar-refractivity contribution in [3.05, 3.63) is 39.7 Å². The molecule has 0 saturated carbocycles. The number of benzene rings is 1. The monoisotopic (exact) mass is 259 g/mol. The maximum atomic E-state index is 10.8. The molecule has 0 atom stereocenters. The number of fused-ring (bicyclic) bond motifs is 1. The summed E-state index contributed by atoms with van der Waals surface area (Å²) in [6.07, 6.45) is 3.77. The van der Waals surface area contributed by atoms with Crippen LogP contribution in [0.2, 0.25) is 0 Å². The first-order chi connectivity index (χ1) is 9.15. The Kier molecular flexibility index (Phi) is 4.04. The van der Waals surface area contributed by atoms with Crippen molar-refractivity contribution in [2.75, 3.05) is 0 Å². The van der Waals surface area contributed by atoms with E-state index < -0.39 is 4.92 Å². The summed E-state index contributed by atoms with van der Waals surface area (Å²) < 4.78 is 0. The minimum Gasteiger partial charge on any atom is -0.258 e. The Morgan fingerprint density at radius 1 is 1.05 bits per heavy atom. The molecule has 0 amide bonds. The molecule has 1 heterocycles. The van der Waals surface area contributed by atoms with Crippen LogP contribution in [0, 0.1) is 10.1 Å². The number of non-ortho nitro benzene ring substituents is 1. The Morgan fingerprint density at radius 2 is 1.63 bits per heavy atom. The molecule has 5 nitrogen and oxygen atoms in total. The molecular weight excluding hydrogens is 242 g/mol. The van der Waals surface area contributed by atoms with Gasteiger partial charge in [0.05, 0.1) is 27.3 Å². The molecule has 2 rings (SSSR count). The third kappa shape index (κ3) is 2.86. The molecule has 0 aliphatic heterocycles. The molecule has 0 N–H and O–H groups in total. The number of nitrogens with zero attached hydrogens (tertiary/aromatic N) is 3. The molecule has 0 bridgehead atoms. The summed E-state index contributed by atoms with van der Waals surface area (Å²) in [5.41, 5.74) is 3.39. The van der Waals surface area contributed by atoms with Gasteiger partial charge in [0.1, 0.15) is 0 Å². The Labute approximate surface area is 111 Å². The van der Waals surface area contributed by atoms with Crippen molar-refractivity contribution in [3.8, 4) is 0 Å². The van der Waals surface area contributed by atoms with Crippen LogP contribution >= 0.6 is 0 Å². The van der Waals surface area contributed by atoms with Gasteiger partial charge in [-0.3, -0.25) is 10.1 Å². The molecular formula is C14H17N3O2. The zero-order valence-corrected chi connectivity index (χ0v) is 11.2. The Balaban J connectivity index is 2.56. The smallest absolute Gasteiger partial charge is 0.258 e. The number of hydrogen-bond acceptors (Lipinski definition) is 4. The second-order valence-corrected chi connectivity index (χ2v) is 4.55. The lowest BCUT2D eigenvalue weighted by molar-refractivity contribution is -0.384. The number of aryl methyl sites for hydroxylation is 2. The van der Waals surface area contributed by atoms with Gasteiger partial charge in [-0.1, -0.05) is 26.7 Å². The van der Waals surface area contributed by atoms with Crippen molar-refractivity contribution in [3.63, 3.8) is 0 Å². The molecule has 0 unspecified atom stereocenters. The largest absolute Gasteiger partial charge is 0.271 e. The Bertz CT molecular complexity index is 611. The minimum atomic E-state index is -0.402. The molecule has 0 spiro atoms. The third-order valence-electron chi connectivity index (χ3n) is 2.99. The lowest BCUT2D eigenvalue weighted by Crippen LogP contribution is -2.02. The SMILES string of the molecule is CCCc1nc2ccc([N+](=O)[O-])cc2nc1CCC. The van der Waals surface area contributed by atoms with E-state index in [1.54, 1.807) is 6.07 Å². The van der Waals surface area contributed by atoms with Gasteiger partial charge < -0.3 is 0 Å². The highest BCUT2D eigenvalue weighted by molar-refractivity contribution is 5.77. The van der Waals surface area contributed by atoms with Crippen LogP contribution in [-0.2, 0) is 12.8 Å². The van der Waals surface area contributed by atoms with E-state index in [1.807, 2.05) is 0 Å². The van der Waals surface area contributed by atoms with Crippen LogP contribution in [0.25, 0.3) is 11.0 Å². The first-order valence-corrected chi connectivity index (χ1v) is 6.59. The number of nitro benzene ring substituents is 1. The number of hydrogen-bond donors (Lipinski definition) is 0. The maximum absolute atomic E-state index is 10.8. The molecule has 0 aliphatic rings. The van der Waals surface area contributed by atoms with Gasteiger partial charge in [0.25, 0.3) is 5.69 Å². The second-order valence-electron chi connectivity index (χ2n) is 4.55. The van der Waals surface area contributed by atoms with Crippen molar-refractivity contribution in [1.29, 1.82) is 0 Å². The summed E-state index contributed by atoms with van der Waals surface area (Å²) in [4.78, 5) is 19.5. The molecule has 19 heavy (non-hydrogen) atoms. The first kappa shape index (κ1) is 13.4. The molecule has 2 aromatic rings. The van der Waals surface area contributed by atoms with Crippen LogP contribution in [0.5, 0.6) is 0 Å². The third-order valence-corrected chi connectivity index (χ3v) is 2.99. The maximum Gasteiger partial charge on any atom is 0.271 e. The van der Waals surface area contributed by atoms with E-state index in [1.165, 1.54) is 12.1 Å². The van der Waals surface area contributed by atoms with Crippen molar-refractivity contribution < 1.29 is 4.92 Å². The Hall–Kier alpha value is -2.04. The zero-order valence-electron chi connectivity index (χ0n) is 11.2. The summed E-state index contributed by atoms with van der Waals surface area (Å²) in [6.45, 7) is 4.20. The molecule has 1 aromatic carbocycles. The van der Waals surface area contributed by atoms with E-state index in [0.29, 0.717) is 5.52 Å². The first-order valence-electron chi connectivity index (χ1n) is 6.59. The minimum absolute atomic E-state index is 0.0625. The standard InChI is InChI=1S/C14H17N3O2/c1-3-5-11-12(6-4-2)16-14-9-10(17(18)19)7-8-13(14)15-11/h7-9H,3-6H2,1-2H3. The highest BCUT2D eigenvalue weighted by Gasteiger charge is 2.11. The molecule has 0 radical (unpaired) electrons. The highest BCUT2D eigenvalue weighted by Crippen LogP contribution is 2.20. The quantitative estimate of drug-likeness (QED) is 0.609. The van der Waals surface area contributed by atoms with E-state index >= 15 is 0 Å². The lowest BCUT2D eigenvalue weighted by atomic mass is 10.1. The van der Waals surface area contributed by atoms with Crippen LogP contribution in [0.1, 0.15) is 38.1 Å². The summed E-state index contributed by atoms with van der Waals surface area (Å²) in [5.74, 6) is 0. The fourth-order valence-corrected chi connectivity index (χ4v) is 2.10. The molecule has 0 saturated heterocycles. The van der Waals surface area contributed by atoms with Crippen molar-refractivity contribution in [2.45, 2.75) is 39.5 Å². The lowest BCUT2D eigenvalue weighted by Gasteiger charge is -2.08. The number of aromatic nitrogens is 2. The van der Waals surface area contributed by atoms with Crippen molar-refractivity contribution in [2.24, 2.45) is 0 Å². The normalized spacial score (nSPS) is 10.8. The van der Waals surface area contributed by atoms with Gasteiger partial charge in [-0.15, -0.1) is 0 Å². The average Bonchev–Trinajstić information content (AvgIpc) is 2.39. The van der Waals surface area contributed by atoms with Gasteiger partial charge in [0.15, 0.2) is 0 Å². The van der Waals surface area contributed by atoms with Crippen LogP contribution in [0.4, 0.5) is 5.69 Å². The van der Waals surface area contributed by atoms with E-state index in [9.17, 15) is 10.1 Å². The van der Waals surface area contributed by atoms with Crippen LogP contribution in [0.15, 0.2) is 18.2 Å². The number of nitro groups is 1. The summed E-state index contributed by atoms with van der Waals surface area (Å²) in [6, 6.07) is 4.65. The van der Waals surface area contributed by atoms with E-state index in [4.69, 9.17) is 0 Å². The van der Waals surface area contributed by atoms with Gasteiger partial charge in [0.2, 0.25) is 0 Å². The molecule has 0 aliphatic carbocycles. The van der Waals surface area contributed by atoms with Crippen molar-refractivity contribution >= 4 is 16.7 Å². The van der Waals surface area contributed by atoms with E-state index in [-0.39, 0.29) is 5.69 Å². The highest BCUT2D eigenvalue weighted by atomic mass is 16.6. The van der Waals surface area contributed by atoms with E-state index in [2.05, 4.69) is 23.8 Å². The molecule has 1 aromatic heterocycles. The van der Waals surface area contributed by atoms with E-state index in [0.717, 1.165) is 42.6 Å². The summed E-state index contributed by atoms with van der Waals surface area (Å²) in [7, 11) is 0. The molecule has 5 heteroatoms. The Morgan fingerprint density at radius 3 is 2.16 bits per heavy atom. The van der Waals surface area contributed by atoms with Gasteiger partial charge in [-0.05, 0) is 18.9 Å². The number of rotatable bonds is 5. The summed E-state index contributed by atoms with van der Waals surface area (Å²) in [5, 5.41) is 10.8. The fourth-order valence-electron chi connectivity index (χ4n) is 2.10. The molecule has 100 valence electrons. The summed E-state index contributed by atoms with van der Waals surface area (Å²) >= 11 is 0. The van der Waals surface area contributed by atoms with Gasteiger partial charge in [-0.2, -0.15) is 0 Å². The fraction of sp³-hybridized carbons (Fsp3) is 0.429. The van der Waals surface area contributed by atoms with Gasteiger partial charge in [-0.25, -0.2) is 9.97 Å².